The highest BCUT2D eigenvalue weighted by atomic mass is 16.5. The molecule has 0 aromatic rings. The average Bonchev–Trinajstić information content (AvgIpc) is 2.86. The van der Waals surface area contributed by atoms with Gasteiger partial charge in [0, 0.05) is 18.6 Å². The van der Waals surface area contributed by atoms with E-state index in [2.05, 4.69) is 19.3 Å². The van der Waals surface area contributed by atoms with Crippen molar-refractivity contribution in [2.24, 2.45) is 11.8 Å². The topological polar surface area (TPSA) is 21.3 Å². The van der Waals surface area contributed by atoms with E-state index >= 15 is 0 Å². The van der Waals surface area contributed by atoms with E-state index in [0.29, 0.717) is 6.10 Å². The summed E-state index contributed by atoms with van der Waals surface area (Å²) in [5.74, 6) is 1.73. The van der Waals surface area contributed by atoms with Crippen LogP contribution < -0.4 is 5.32 Å². The Labute approximate surface area is 81.0 Å². The molecule has 3 unspecified atom stereocenters. The zero-order valence-electron chi connectivity index (χ0n) is 8.75. The highest BCUT2D eigenvalue weighted by molar-refractivity contribution is 4.94. The number of hydrogen-bond acceptors (Lipinski definition) is 2. The average molecular weight is 183 g/mol. The minimum Gasteiger partial charge on any atom is -0.378 e. The Balaban J connectivity index is 1.95. The lowest BCUT2D eigenvalue weighted by atomic mass is 9.88. The van der Waals surface area contributed by atoms with Crippen LogP contribution in [0.25, 0.3) is 0 Å². The van der Waals surface area contributed by atoms with Crippen LogP contribution in [0.1, 0.15) is 32.6 Å². The summed E-state index contributed by atoms with van der Waals surface area (Å²) in [6, 6.07) is 0.729. The van der Waals surface area contributed by atoms with Crippen molar-refractivity contribution in [3.05, 3.63) is 0 Å². The first kappa shape index (κ1) is 9.47. The Morgan fingerprint density at radius 3 is 2.69 bits per heavy atom. The maximum Gasteiger partial charge on any atom is 0.0616 e. The van der Waals surface area contributed by atoms with Crippen molar-refractivity contribution >= 4 is 0 Å². The van der Waals surface area contributed by atoms with Gasteiger partial charge in [-0.15, -0.1) is 0 Å². The molecule has 2 fully saturated rings. The molecule has 0 aromatic carbocycles. The van der Waals surface area contributed by atoms with Gasteiger partial charge in [0.15, 0.2) is 0 Å². The predicted molar refractivity (Wildman–Crippen MR) is 53.7 cm³/mol. The molecule has 76 valence electrons. The van der Waals surface area contributed by atoms with Crippen molar-refractivity contribution in [1.82, 2.24) is 5.32 Å². The van der Waals surface area contributed by atoms with Gasteiger partial charge >= 0.3 is 0 Å². The molecule has 1 saturated carbocycles. The normalized spacial score (nSPS) is 36.5. The highest BCUT2D eigenvalue weighted by Gasteiger charge is 2.40. The Hall–Kier alpha value is -0.0800. The summed E-state index contributed by atoms with van der Waals surface area (Å²) >= 11 is 0. The molecule has 0 radical (unpaired) electrons. The van der Waals surface area contributed by atoms with Gasteiger partial charge in [0.05, 0.1) is 6.10 Å². The lowest BCUT2D eigenvalue weighted by Gasteiger charge is -2.26. The molecule has 1 heterocycles. The fraction of sp³-hybridized carbons (Fsp3) is 1.00. The summed E-state index contributed by atoms with van der Waals surface area (Å²) < 4.78 is 5.74. The van der Waals surface area contributed by atoms with E-state index in [1.165, 1.54) is 25.7 Å². The van der Waals surface area contributed by atoms with Crippen LogP contribution in [-0.4, -0.2) is 25.8 Å². The van der Waals surface area contributed by atoms with Crippen molar-refractivity contribution in [2.75, 3.05) is 13.7 Å². The molecule has 1 aliphatic heterocycles. The van der Waals surface area contributed by atoms with Gasteiger partial charge in [-0.1, -0.05) is 6.92 Å². The van der Waals surface area contributed by atoms with E-state index in [1.807, 2.05) is 0 Å². The van der Waals surface area contributed by atoms with Gasteiger partial charge in [-0.3, -0.25) is 0 Å². The first-order valence-electron chi connectivity index (χ1n) is 5.65. The quantitative estimate of drug-likeness (QED) is 0.717. The molecule has 2 rings (SSSR count). The van der Waals surface area contributed by atoms with Crippen molar-refractivity contribution in [1.29, 1.82) is 0 Å². The number of rotatable bonds is 4. The standard InChI is InChI=1S/C11H21NO/c1-3-10-9(6-7-13-10)11(12-2)8-4-5-8/h8-12H,3-7H2,1-2H3. The zero-order valence-corrected chi connectivity index (χ0v) is 8.75. The van der Waals surface area contributed by atoms with Crippen molar-refractivity contribution in [2.45, 2.75) is 44.8 Å². The van der Waals surface area contributed by atoms with Crippen LogP contribution in [0.4, 0.5) is 0 Å². The van der Waals surface area contributed by atoms with Gasteiger partial charge in [-0.25, -0.2) is 0 Å². The maximum absolute atomic E-state index is 5.74. The van der Waals surface area contributed by atoms with E-state index in [4.69, 9.17) is 4.74 Å². The minimum atomic E-state index is 0.526. The van der Waals surface area contributed by atoms with E-state index < -0.39 is 0 Å². The monoisotopic (exact) mass is 183 g/mol. The van der Waals surface area contributed by atoms with E-state index in [9.17, 15) is 0 Å². The molecule has 2 nitrogen and oxygen atoms in total. The van der Waals surface area contributed by atoms with Crippen LogP contribution in [0.2, 0.25) is 0 Å². The van der Waals surface area contributed by atoms with Crippen molar-refractivity contribution in [3.8, 4) is 0 Å². The minimum absolute atomic E-state index is 0.526. The van der Waals surface area contributed by atoms with Crippen molar-refractivity contribution < 1.29 is 4.74 Å². The van der Waals surface area contributed by atoms with Crippen LogP contribution in [0.3, 0.4) is 0 Å². The number of hydrogen-bond donors (Lipinski definition) is 1. The van der Waals surface area contributed by atoms with Crippen LogP contribution >= 0.6 is 0 Å². The largest absolute Gasteiger partial charge is 0.378 e. The van der Waals surface area contributed by atoms with Gasteiger partial charge in [0.1, 0.15) is 0 Å². The van der Waals surface area contributed by atoms with Crippen LogP contribution in [0.5, 0.6) is 0 Å². The second kappa shape index (κ2) is 3.97. The van der Waals surface area contributed by atoms with Crippen LogP contribution in [-0.2, 0) is 4.74 Å². The summed E-state index contributed by atoms with van der Waals surface area (Å²) in [4.78, 5) is 0. The molecule has 2 aliphatic rings. The van der Waals surface area contributed by atoms with E-state index in [-0.39, 0.29) is 0 Å². The third kappa shape index (κ3) is 1.89. The highest BCUT2D eigenvalue weighted by Crippen LogP contribution is 2.40. The molecule has 0 amide bonds. The summed E-state index contributed by atoms with van der Waals surface area (Å²) in [5, 5.41) is 3.49. The number of nitrogens with one attached hydrogen (secondary N) is 1. The smallest absolute Gasteiger partial charge is 0.0616 e. The molecule has 3 atom stereocenters. The van der Waals surface area contributed by atoms with Gasteiger partial charge in [-0.2, -0.15) is 0 Å². The van der Waals surface area contributed by atoms with Crippen LogP contribution in [0, 0.1) is 11.8 Å². The third-order valence-corrected chi connectivity index (χ3v) is 3.59. The van der Waals surface area contributed by atoms with Crippen molar-refractivity contribution in [3.63, 3.8) is 0 Å². The first-order valence-corrected chi connectivity index (χ1v) is 5.65. The summed E-state index contributed by atoms with van der Waals surface area (Å²) in [7, 11) is 2.11. The Morgan fingerprint density at radius 1 is 1.38 bits per heavy atom. The molecular weight excluding hydrogens is 162 g/mol. The van der Waals surface area contributed by atoms with E-state index in [1.54, 1.807) is 0 Å². The molecule has 1 N–H and O–H groups in total. The molecule has 1 saturated heterocycles. The second-order valence-electron chi connectivity index (χ2n) is 4.42. The lowest BCUT2D eigenvalue weighted by Crippen LogP contribution is -2.39. The van der Waals surface area contributed by atoms with Gasteiger partial charge < -0.3 is 10.1 Å². The summed E-state index contributed by atoms with van der Waals surface area (Å²) in [6.07, 6.45) is 5.82. The molecule has 1 aliphatic carbocycles. The number of ether oxygens (including phenoxy) is 1. The maximum atomic E-state index is 5.74. The van der Waals surface area contributed by atoms with Crippen LogP contribution in [0.15, 0.2) is 0 Å². The summed E-state index contributed by atoms with van der Waals surface area (Å²) in [5.41, 5.74) is 0. The fourth-order valence-corrected chi connectivity index (χ4v) is 2.75. The summed E-state index contributed by atoms with van der Waals surface area (Å²) in [6.45, 7) is 3.22. The van der Waals surface area contributed by atoms with Gasteiger partial charge in [0.2, 0.25) is 0 Å². The predicted octanol–water partition coefficient (Wildman–Crippen LogP) is 1.80. The fourth-order valence-electron chi connectivity index (χ4n) is 2.75. The third-order valence-electron chi connectivity index (χ3n) is 3.59. The molecule has 0 spiro atoms. The van der Waals surface area contributed by atoms with Gasteiger partial charge in [-0.05, 0) is 38.6 Å². The molecule has 13 heavy (non-hydrogen) atoms. The molecule has 2 heteroatoms. The second-order valence-corrected chi connectivity index (χ2v) is 4.42. The Bertz CT molecular complexity index is 167. The zero-order chi connectivity index (χ0) is 9.26. The SMILES string of the molecule is CCC1OCCC1C(NC)C1CC1. The Kier molecular flexibility index (Phi) is 2.89. The Morgan fingerprint density at radius 2 is 2.15 bits per heavy atom. The van der Waals surface area contributed by atoms with Gasteiger partial charge in [0.25, 0.3) is 0 Å². The molecule has 0 bridgehead atoms. The molecule has 0 aromatic heterocycles. The molecular formula is C11H21NO. The van der Waals surface area contributed by atoms with E-state index in [0.717, 1.165) is 24.5 Å². The lowest BCUT2D eigenvalue weighted by molar-refractivity contribution is 0.0758. The first-order chi connectivity index (χ1) is 6.36.